The molecule has 1 fully saturated rings. The summed E-state index contributed by atoms with van der Waals surface area (Å²) < 4.78 is 6.21. The van der Waals surface area contributed by atoms with Crippen LogP contribution in [0.2, 0.25) is 0 Å². The summed E-state index contributed by atoms with van der Waals surface area (Å²) in [6, 6.07) is 2.90. The van der Waals surface area contributed by atoms with Crippen molar-refractivity contribution in [1.29, 1.82) is 0 Å². The fraction of sp³-hybridized carbons (Fsp3) is 0.533. The second kappa shape index (κ2) is 6.13. The number of nitrogens with zero attached hydrogens (tertiary/aromatic N) is 2. The Labute approximate surface area is 132 Å². The lowest BCUT2D eigenvalue weighted by Gasteiger charge is -2.27. The molecule has 21 heavy (non-hydrogen) atoms. The Kier molecular flexibility index (Phi) is 4.66. The molecule has 1 aromatic heterocycles. The third kappa shape index (κ3) is 4.03. The molecule has 1 amide bonds. The maximum Gasteiger partial charge on any atom is 0.329 e. The number of halogens is 1. The van der Waals surface area contributed by atoms with Gasteiger partial charge in [-0.3, -0.25) is 4.79 Å². The summed E-state index contributed by atoms with van der Waals surface area (Å²) in [6.07, 6.45) is 3.01. The summed E-state index contributed by atoms with van der Waals surface area (Å²) in [5.74, 6) is -0.568. The van der Waals surface area contributed by atoms with Gasteiger partial charge < -0.3 is 9.64 Å². The van der Waals surface area contributed by atoms with Gasteiger partial charge in [0.15, 0.2) is 0 Å². The van der Waals surface area contributed by atoms with E-state index in [0.29, 0.717) is 18.7 Å². The van der Waals surface area contributed by atoms with E-state index in [9.17, 15) is 9.59 Å². The van der Waals surface area contributed by atoms with Crippen LogP contribution < -0.4 is 0 Å². The van der Waals surface area contributed by atoms with Crippen molar-refractivity contribution in [3.63, 3.8) is 0 Å². The molecule has 0 unspecified atom stereocenters. The van der Waals surface area contributed by atoms with Gasteiger partial charge >= 0.3 is 5.97 Å². The van der Waals surface area contributed by atoms with Crippen LogP contribution in [-0.2, 0) is 9.53 Å². The Bertz CT molecular complexity index is 537. The zero-order valence-corrected chi connectivity index (χ0v) is 14.0. The van der Waals surface area contributed by atoms with Gasteiger partial charge in [0.1, 0.15) is 17.3 Å². The van der Waals surface area contributed by atoms with Crippen LogP contribution >= 0.6 is 15.9 Å². The van der Waals surface area contributed by atoms with Crippen molar-refractivity contribution in [2.45, 2.75) is 45.3 Å². The first-order chi connectivity index (χ1) is 9.78. The van der Waals surface area contributed by atoms with E-state index in [1.807, 2.05) is 20.8 Å². The minimum Gasteiger partial charge on any atom is -0.458 e. The zero-order chi connectivity index (χ0) is 15.6. The highest BCUT2D eigenvalue weighted by Gasteiger charge is 2.37. The highest BCUT2D eigenvalue weighted by molar-refractivity contribution is 9.10. The molecule has 5 nitrogen and oxygen atoms in total. The molecule has 0 radical (unpaired) electrons. The minimum atomic E-state index is -0.551. The average Bonchev–Trinajstić information content (AvgIpc) is 2.86. The van der Waals surface area contributed by atoms with Gasteiger partial charge in [0.05, 0.1) is 0 Å². The lowest BCUT2D eigenvalue weighted by molar-refractivity contribution is -0.159. The Morgan fingerprint density at radius 1 is 1.38 bits per heavy atom. The molecule has 0 spiro atoms. The van der Waals surface area contributed by atoms with Crippen molar-refractivity contribution < 1.29 is 14.3 Å². The van der Waals surface area contributed by atoms with Gasteiger partial charge in [-0.25, -0.2) is 9.78 Å². The first kappa shape index (κ1) is 15.9. The molecule has 1 atom stereocenters. The van der Waals surface area contributed by atoms with Gasteiger partial charge in [-0.2, -0.15) is 0 Å². The number of ether oxygens (including phenoxy) is 1. The number of hydrogen-bond donors (Lipinski definition) is 0. The summed E-state index contributed by atoms with van der Waals surface area (Å²) in [7, 11) is 0. The monoisotopic (exact) mass is 354 g/mol. The predicted molar refractivity (Wildman–Crippen MR) is 81.8 cm³/mol. The topological polar surface area (TPSA) is 59.5 Å². The first-order valence-corrected chi connectivity index (χ1v) is 7.72. The summed E-state index contributed by atoms with van der Waals surface area (Å²) >= 11 is 3.28. The quantitative estimate of drug-likeness (QED) is 0.766. The average molecular weight is 355 g/mol. The molecular formula is C15H19BrN2O3. The third-order valence-electron chi connectivity index (χ3n) is 3.14. The number of pyridine rings is 1. The van der Waals surface area contributed by atoms with E-state index in [4.69, 9.17) is 4.74 Å². The Hall–Kier alpha value is -1.43. The molecule has 0 aromatic carbocycles. The predicted octanol–water partition coefficient (Wildman–Crippen LogP) is 2.79. The molecule has 0 N–H and O–H groups in total. The van der Waals surface area contributed by atoms with Crippen molar-refractivity contribution in [2.24, 2.45) is 0 Å². The molecule has 2 heterocycles. The number of carbonyl (C=O) groups excluding carboxylic acids is 2. The Morgan fingerprint density at radius 2 is 2.10 bits per heavy atom. The van der Waals surface area contributed by atoms with Crippen molar-refractivity contribution in [1.82, 2.24) is 9.88 Å². The van der Waals surface area contributed by atoms with Crippen LogP contribution in [0.4, 0.5) is 0 Å². The lowest BCUT2D eigenvalue weighted by atomic mass is 10.1. The van der Waals surface area contributed by atoms with Crippen LogP contribution in [0, 0.1) is 0 Å². The molecule has 2 rings (SSSR count). The molecular weight excluding hydrogens is 336 g/mol. The molecule has 1 aliphatic rings. The van der Waals surface area contributed by atoms with Crippen molar-refractivity contribution >= 4 is 27.8 Å². The second-order valence-corrected chi connectivity index (χ2v) is 6.97. The van der Waals surface area contributed by atoms with Gasteiger partial charge in [-0.05, 0) is 61.7 Å². The standard InChI is InChI=1S/C15H19BrN2O3/c1-15(2,3)21-14(20)12-5-4-8-18(12)13(19)11-7-6-10(16)9-17-11/h6-7,9,12H,4-5,8H2,1-3H3/t12-/m0/s1. The van der Waals surface area contributed by atoms with Gasteiger partial charge in [0.25, 0.3) is 5.91 Å². The molecule has 6 heteroatoms. The van der Waals surface area contributed by atoms with Crippen molar-refractivity contribution in [2.75, 3.05) is 6.54 Å². The Balaban J connectivity index is 2.13. The zero-order valence-electron chi connectivity index (χ0n) is 12.4. The van der Waals surface area contributed by atoms with E-state index >= 15 is 0 Å². The van der Waals surface area contributed by atoms with E-state index < -0.39 is 11.6 Å². The third-order valence-corrected chi connectivity index (χ3v) is 3.61. The lowest BCUT2D eigenvalue weighted by Crippen LogP contribution is -2.43. The number of carbonyl (C=O) groups is 2. The fourth-order valence-electron chi connectivity index (χ4n) is 2.27. The van der Waals surface area contributed by atoms with E-state index in [0.717, 1.165) is 10.9 Å². The van der Waals surface area contributed by atoms with E-state index in [1.54, 1.807) is 23.2 Å². The van der Waals surface area contributed by atoms with E-state index in [2.05, 4.69) is 20.9 Å². The summed E-state index contributed by atoms with van der Waals surface area (Å²) in [6.45, 7) is 6.02. The normalized spacial score (nSPS) is 18.7. The first-order valence-electron chi connectivity index (χ1n) is 6.93. The van der Waals surface area contributed by atoms with Crippen molar-refractivity contribution in [3.8, 4) is 0 Å². The van der Waals surface area contributed by atoms with Gasteiger partial charge in [0.2, 0.25) is 0 Å². The van der Waals surface area contributed by atoms with Gasteiger partial charge in [-0.15, -0.1) is 0 Å². The number of hydrogen-bond acceptors (Lipinski definition) is 4. The van der Waals surface area contributed by atoms with Crippen LogP contribution in [0.5, 0.6) is 0 Å². The van der Waals surface area contributed by atoms with E-state index in [1.165, 1.54) is 0 Å². The van der Waals surface area contributed by atoms with Crippen molar-refractivity contribution in [3.05, 3.63) is 28.5 Å². The number of likely N-dealkylation sites (tertiary alicyclic amines) is 1. The summed E-state index contributed by atoms with van der Waals surface area (Å²) in [4.78, 5) is 30.4. The van der Waals surface area contributed by atoms with Gasteiger partial charge in [0, 0.05) is 17.2 Å². The fourth-order valence-corrected chi connectivity index (χ4v) is 2.51. The van der Waals surface area contributed by atoms with Crippen LogP contribution in [0.25, 0.3) is 0 Å². The molecule has 1 aromatic rings. The highest BCUT2D eigenvalue weighted by Crippen LogP contribution is 2.23. The smallest absolute Gasteiger partial charge is 0.329 e. The highest BCUT2D eigenvalue weighted by atomic mass is 79.9. The number of rotatable bonds is 2. The number of aromatic nitrogens is 1. The molecule has 114 valence electrons. The molecule has 0 aliphatic carbocycles. The molecule has 0 saturated carbocycles. The van der Waals surface area contributed by atoms with Crippen LogP contribution in [-0.4, -0.2) is 39.9 Å². The largest absolute Gasteiger partial charge is 0.458 e. The van der Waals surface area contributed by atoms with E-state index in [-0.39, 0.29) is 11.9 Å². The maximum absolute atomic E-state index is 12.5. The molecule has 1 aliphatic heterocycles. The van der Waals surface area contributed by atoms with Gasteiger partial charge in [-0.1, -0.05) is 0 Å². The number of amides is 1. The van der Waals surface area contributed by atoms with Crippen LogP contribution in [0.3, 0.4) is 0 Å². The summed E-state index contributed by atoms with van der Waals surface area (Å²) in [5, 5.41) is 0. The SMILES string of the molecule is CC(C)(C)OC(=O)[C@@H]1CCCN1C(=O)c1ccc(Br)cn1. The number of esters is 1. The van der Waals surface area contributed by atoms with Crippen LogP contribution in [0.1, 0.15) is 44.1 Å². The summed E-state index contributed by atoms with van der Waals surface area (Å²) in [5.41, 5.74) is -0.210. The minimum absolute atomic E-state index is 0.226. The molecule has 0 bridgehead atoms. The molecule has 1 saturated heterocycles. The maximum atomic E-state index is 12.5. The second-order valence-electron chi connectivity index (χ2n) is 6.05. The Morgan fingerprint density at radius 3 is 2.67 bits per heavy atom. The van der Waals surface area contributed by atoms with Crippen LogP contribution in [0.15, 0.2) is 22.8 Å².